The van der Waals surface area contributed by atoms with Gasteiger partial charge < -0.3 is 5.32 Å². The van der Waals surface area contributed by atoms with E-state index in [1.54, 1.807) is 6.20 Å². The van der Waals surface area contributed by atoms with E-state index in [-0.39, 0.29) is 0 Å². The normalized spacial score (nSPS) is 24.2. The average Bonchev–Trinajstić information content (AvgIpc) is 2.40. The van der Waals surface area contributed by atoms with Gasteiger partial charge in [0.25, 0.3) is 0 Å². The van der Waals surface area contributed by atoms with Crippen molar-refractivity contribution >= 4 is 5.82 Å². The first kappa shape index (κ1) is 13.3. The van der Waals surface area contributed by atoms with Crippen LogP contribution in [0, 0.1) is 5.92 Å². The van der Waals surface area contributed by atoms with Crippen LogP contribution >= 0.6 is 0 Å². The first-order valence-corrected chi connectivity index (χ1v) is 6.89. The third-order valence-electron chi connectivity index (χ3n) is 4.01. The largest absolute Gasteiger partial charge is 0.372 e. The molecule has 0 aromatic carbocycles. The second-order valence-corrected chi connectivity index (χ2v) is 5.39. The molecule has 2 unspecified atom stereocenters. The summed E-state index contributed by atoms with van der Waals surface area (Å²) in [6.45, 7) is 3.27. The quantitative estimate of drug-likeness (QED) is 0.889. The van der Waals surface area contributed by atoms with Crippen LogP contribution in [0.15, 0.2) is 12.4 Å². The van der Waals surface area contributed by atoms with E-state index >= 15 is 0 Å². The first-order valence-electron chi connectivity index (χ1n) is 6.89. The van der Waals surface area contributed by atoms with Gasteiger partial charge in [0.05, 0.1) is 18.1 Å². The molecule has 0 bridgehead atoms. The molecule has 1 aromatic rings. The maximum absolute atomic E-state index is 4.44. The lowest BCUT2D eigenvalue weighted by atomic mass is 9.85. The molecule has 1 aliphatic carbocycles. The molecule has 18 heavy (non-hydrogen) atoms. The van der Waals surface area contributed by atoms with Crippen molar-refractivity contribution in [1.82, 2.24) is 14.9 Å². The van der Waals surface area contributed by atoms with Gasteiger partial charge in [0, 0.05) is 19.6 Å². The van der Waals surface area contributed by atoms with Crippen molar-refractivity contribution < 1.29 is 0 Å². The Labute approximate surface area is 110 Å². The van der Waals surface area contributed by atoms with Gasteiger partial charge in [-0.2, -0.15) is 0 Å². The highest BCUT2D eigenvalue weighted by atomic mass is 15.1. The number of rotatable bonds is 4. The van der Waals surface area contributed by atoms with Crippen molar-refractivity contribution in [3.05, 3.63) is 18.1 Å². The summed E-state index contributed by atoms with van der Waals surface area (Å²) in [6.07, 6.45) is 9.11. The topological polar surface area (TPSA) is 41.1 Å². The Kier molecular flexibility index (Phi) is 4.53. The molecule has 1 aromatic heterocycles. The Morgan fingerprint density at radius 1 is 1.28 bits per heavy atom. The van der Waals surface area contributed by atoms with Gasteiger partial charge in [-0.3, -0.25) is 9.88 Å². The van der Waals surface area contributed by atoms with Crippen LogP contribution in [0.2, 0.25) is 0 Å². The minimum Gasteiger partial charge on any atom is -0.372 e. The minimum absolute atomic E-state index is 0.699. The van der Waals surface area contributed by atoms with Crippen molar-refractivity contribution in [2.24, 2.45) is 5.92 Å². The zero-order valence-electron chi connectivity index (χ0n) is 11.7. The minimum atomic E-state index is 0.699. The highest BCUT2D eigenvalue weighted by molar-refractivity contribution is 5.29. The lowest BCUT2D eigenvalue weighted by Gasteiger charge is -2.36. The zero-order valence-corrected chi connectivity index (χ0v) is 11.7. The predicted octanol–water partition coefficient (Wildman–Crippen LogP) is 2.53. The van der Waals surface area contributed by atoms with Crippen LogP contribution in [0.1, 0.15) is 38.3 Å². The van der Waals surface area contributed by atoms with Gasteiger partial charge in [-0.15, -0.1) is 0 Å². The van der Waals surface area contributed by atoms with E-state index in [0.717, 1.165) is 24.0 Å². The molecule has 1 fully saturated rings. The maximum Gasteiger partial charge on any atom is 0.144 e. The second-order valence-electron chi connectivity index (χ2n) is 5.39. The van der Waals surface area contributed by atoms with Gasteiger partial charge in [-0.1, -0.05) is 19.8 Å². The van der Waals surface area contributed by atoms with Crippen LogP contribution in [0.5, 0.6) is 0 Å². The van der Waals surface area contributed by atoms with Crippen LogP contribution < -0.4 is 5.32 Å². The third kappa shape index (κ3) is 3.19. The van der Waals surface area contributed by atoms with Crippen LogP contribution in [-0.4, -0.2) is 35.0 Å². The SMILES string of the molecule is CNc1cnc(CN(C)C2CCCCC2C)cn1. The van der Waals surface area contributed by atoms with E-state index in [0.29, 0.717) is 6.04 Å². The van der Waals surface area contributed by atoms with Crippen molar-refractivity contribution in [2.45, 2.75) is 45.2 Å². The van der Waals surface area contributed by atoms with Crippen molar-refractivity contribution in [2.75, 3.05) is 19.4 Å². The molecule has 4 nitrogen and oxygen atoms in total. The van der Waals surface area contributed by atoms with Crippen molar-refractivity contribution in [3.63, 3.8) is 0 Å². The standard InChI is InChI=1S/C14H24N4/c1-11-6-4-5-7-13(11)18(3)10-12-8-17-14(15-2)9-16-12/h8-9,11,13H,4-7,10H2,1-3H3,(H,15,17). The summed E-state index contributed by atoms with van der Waals surface area (Å²) in [6, 6.07) is 0.699. The average molecular weight is 248 g/mol. The second kappa shape index (κ2) is 6.14. The monoisotopic (exact) mass is 248 g/mol. The molecule has 100 valence electrons. The van der Waals surface area contributed by atoms with Gasteiger partial charge >= 0.3 is 0 Å². The fourth-order valence-electron chi connectivity index (χ4n) is 2.89. The number of anilines is 1. The molecule has 2 rings (SSSR count). The Bertz CT molecular complexity index is 363. The smallest absolute Gasteiger partial charge is 0.144 e. The fraction of sp³-hybridized carbons (Fsp3) is 0.714. The summed E-state index contributed by atoms with van der Waals surface area (Å²) in [5.41, 5.74) is 1.05. The number of hydrogen-bond donors (Lipinski definition) is 1. The van der Waals surface area contributed by atoms with Gasteiger partial charge in [0.15, 0.2) is 0 Å². The van der Waals surface area contributed by atoms with Crippen LogP contribution in [0.25, 0.3) is 0 Å². The van der Waals surface area contributed by atoms with Crippen molar-refractivity contribution in [3.8, 4) is 0 Å². The highest BCUT2D eigenvalue weighted by Crippen LogP contribution is 2.27. The summed E-state index contributed by atoms with van der Waals surface area (Å²) in [4.78, 5) is 11.2. The number of hydrogen-bond acceptors (Lipinski definition) is 4. The van der Waals surface area contributed by atoms with E-state index in [1.165, 1.54) is 25.7 Å². The summed E-state index contributed by atoms with van der Waals surface area (Å²) in [5, 5.41) is 2.99. The molecule has 1 heterocycles. The molecule has 0 amide bonds. The molecule has 1 saturated carbocycles. The molecule has 2 atom stereocenters. The molecule has 1 N–H and O–H groups in total. The van der Waals surface area contributed by atoms with Gasteiger partial charge in [0.2, 0.25) is 0 Å². The predicted molar refractivity (Wildman–Crippen MR) is 74.5 cm³/mol. The Morgan fingerprint density at radius 3 is 2.67 bits per heavy atom. The van der Waals surface area contributed by atoms with Crippen LogP contribution in [0.4, 0.5) is 5.82 Å². The zero-order chi connectivity index (χ0) is 13.0. The first-order chi connectivity index (χ1) is 8.70. The van der Waals surface area contributed by atoms with Gasteiger partial charge in [-0.05, 0) is 25.8 Å². The van der Waals surface area contributed by atoms with E-state index in [1.807, 2.05) is 13.2 Å². The fourth-order valence-corrected chi connectivity index (χ4v) is 2.89. The van der Waals surface area contributed by atoms with Gasteiger partial charge in [-0.25, -0.2) is 4.98 Å². The Hall–Kier alpha value is -1.16. The van der Waals surface area contributed by atoms with E-state index in [4.69, 9.17) is 0 Å². The molecular formula is C14H24N4. The third-order valence-corrected chi connectivity index (χ3v) is 4.01. The number of nitrogens with one attached hydrogen (secondary N) is 1. The summed E-state index contributed by atoms with van der Waals surface area (Å²) < 4.78 is 0. The van der Waals surface area contributed by atoms with Gasteiger partial charge in [0.1, 0.15) is 5.82 Å². The lowest BCUT2D eigenvalue weighted by molar-refractivity contribution is 0.132. The Balaban J connectivity index is 1.94. The molecule has 1 aliphatic rings. The van der Waals surface area contributed by atoms with Crippen molar-refractivity contribution in [1.29, 1.82) is 0 Å². The molecule has 0 spiro atoms. The summed E-state index contributed by atoms with van der Waals surface area (Å²) in [5.74, 6) is 1.63. The molecule has 0 saturated heterocycles. The maximum atomic E-state index is 4.44. The van der Waals surface area contributed by atoms with E-state index < -0.39 is 0 Å². The van der Waals surface area contributed by atoms with E-state index in [2.05, 4.69) is 34.2 Å². The lowest BCUT2D eigenvalue weighted by Crippen LogP contribution is -2.38. The summed E-state index contributed by atoms with van der Waals surface area (Å²) in [7, 11) is 4.07. The van der Waals surface area contributed by atoms with Crippen LogP contribution in [0.3, 0.4) is 0 Å². The molecule has 4 heteroatoms. The number of nitrogens with zero attached hydrogens (tertiary/aromatic N) is 3. The Morgan fingerprint density at radius 2 is 2.06 bits per heavy atom. The molecule has 0 aliphatic heterocycles. The number of aromatic nitrogens is 2. The molecule has 0 radical (unpaired) electrons. The highest BCUT2D eigenvalue weighted by Gasteiger charge is 2.24. The van der Waals surface area contributed by atoms with Crippen LogP contribution in [-0.2, 0) is 6.54 Å². The summed E-state index contributed by atoms with van der Waals surface area (Å²) >= 11 is 0. The van der Waals surface area contributed by atoms with E-state index in [9.17, 15) is 0 Å². The molecular weight excluding hydrogens is 224 g/mol.